The van der Waals surface area contributed by atoms with Crippen LogP contribution in [0.5, 0.6) is 5.75 Å². The van der Waals surface area contributed by atoms with Crippen molar-refractivity contribution in [2.45, 2.75) is 13.0 Å². The average molecular weight is 435 g/mol. The molecule has 4 aromatic rings. The van der Waals surface area contributed by atoms with Crippen molar-refractivity contribution in [3.05, 3.63) is 71.2 Å². The molecule has 0 spiro atoms. The highest BCUT2D eigenvalue weighted by molar-refractivity contribution is 6.35. The number of fused-ring (bicyclic) bond motifs is 3. The number of carbonyl (C=O) groups is 1. The Morgan fingerprint density at radius 3 is 2.65 bits per heavy atom. The molecule has 0 bridgehead atoms. The van der Waals surface area contributed by atoms with Crippen LogP contribution in [-0.2, 0) is 9.63 Å². The number of para-hydroxylation sites is 1. The number of halogens is 1. The monoisotopic (exact) mass is 434 g/mol. The van der Waals surface area contributed by atoms with Crippen molar-refractivity contribution in [1.29, 1.82) is 0 Å². The number of rotatable bonds is 4. The molecule has 1 amide bonds. The normalized spacial score (nSPS) is 18.1. The van der Waals surface area contributed by atoms with E-state index in [1.165, 1.54) is 0 Å². The predicted molar refractivity (Wildman–Crippen MR) is 121 cm³/mol. The van der Waals surface area contributed by atoms with Crippen LogP contribution in [0.1, 0.15) is 12.5 Å². The summed E-state index contributed by atoms with van der Waals surface area (Å²) in [4.78, 5) is 18.7. The molecular weight excluding hydrogens is 416 g/mol. The number of anilines is 1. The van der Waals surface area contributed by atoms with E-state index in [-0.39, 0.29) is 5.91 Å². The van der Waals surface area contributed by atoms with Crippen LogP contribution < -0.4 is 10.1 Å². The number of benzene rings is 3. The van der Waals surface area contributed by atoms with Crippen LogP contribution in [0.4, 0.5) is 5.69 Å². The molecule has 1 aliphatic rings. The molecule has 2 heterocycles. The maximum atomic E-state index is 13.3. The highest BCUT2D eigenvalue weighted by Gasteiger charge is 2.39. The molecule has 1 aliphatic heterocycles. The second-order valence-electron chi connectivity index (χ2n) is 7.38. The van der Waals surface area contributed by atoms with Gasteiger partial charge in [0.05, 0.1) is 12.8 Å². The molecule has 7 heteroatoms. The van der Waals surface area contributed by atoms with E-state index in [0.717, 1.165) is 16.4 Å². The number of nitrogens with one attached hydrogen (secondary N) is 1. The van der Waals surface area contributed by atoms with Crippen LogP contribution >= 0.6 is 11.6 Å². The minimum Gasteiger partial charge on any atom is -0.495 e. The molecule has 5 rings (SSSR count). The van der Waals surface area contributed by atoms with Gasteiger partial charge < -0.3 is 19.3 Å². The van der Waals surface area contributed by atoms with E-state index in [4.69, 9.17) is 25.6 Å². The van der Waals surface area contributed by atoms with Gasteiger partial charge in [-0.2, -0.15) is 0 Å². The quantitative estimate of drug-likeness (QED) is 0.452. The van der Waals surface area contributed by atoms with Crippen molar-refractivity contribution in [3.8, 4) is 5.75 Å². The first kappa shape index (κ1) is 19.5. The summed E-state index contributed by atoms with van der Waals surface area (Å²) in [5.41, 5.74) is 3.12. The lowest BCUT2D eigenvalue weighted by molar-refractivity contribution is -0.120. The summed E-state index contributed by atoms with van der Waals surface area (Å²) in [5.74, 6) is -0.358. The molecule has 1 N–H and O–H groups in total. The van der Waals surface area contributed by atoms with Crippen molar-refractivity contribution in [2.75, 3.05) is 12.4 Å². The van der Waals surface area contributed by atoms with Crippen molar-refractivity contribution >= 4 is 50.8 Å². The maximum absolute atomic E-state index is 13.3. The molecule has 6 nitrogen and oxygen atoms in total. The Morgan fingerprint density at radius 1 is 1.06 bits per heavy atom. The zero-order valence-corrected chi connectivity index (χ0v) is 17.6. The fourth-order valence-corrected chi connectivity index (χ4v) is 4.16. The van der Waals surface area contributed by atoms with E-state index in [9.17, 15) is 4.79 Å². The standard InChI is InChI=1S/C24H19ClN2O4/c1-13-22(23(27-31-13)15-8-3-5-9-17(15)25)24(28)26-18-12-20-16(11-21(18)29-2)14-7-4-6-10-19(14)30-20/h3-13,22H,1-2H3,(H,26,28)/t13-,22-/m1/s1. The van der Waals surface area contributed by atoms with Crippen molar-refractivity contribution < 1.29 is 18.8 Å². The largest absolute Gasteiger partial charge is 0.495 e. The summed E-state index contributed by atoms with van der Waals surface area (Å²) in [7, 11) is 1.57. The van der Waals surface area contributed by atoms with Crippen LogP contribution in [-0.4, -0.2) is 24.8 Å². The van der Waals surface area contributed by atoms with E-state index >= 15 is 0 Å². The fourth-order valence-electron chi connectivity index (χ4n) is 3.93. The van der Waals surface area contributed by atoms with Crippen LogP contribution in [0.15, 0.2) is 70.2 Å². The van der Waals surface area contributed by atoms with Crippen LogP contribution in [0.2, 0.25) is 5.02 Å². The number of furan rings is 1. The van der Waals surface area contributed by atoms with Gasteiger partial charge >= 0.3 is 0 Å². The molecule has 0 saturated carbocycles. The molecule has 156 valence electrons. The van der Waals surface area contributed by atoms with Gasteiger partial charge in [-0.3, -0.25) is 4.79 Å². The van der Waals surface area contributed by atoms with Crippen LogP contribution in [0.25, 0.3) is 21.9 Å². The Balaban J connectivity index is 1.51. The Kier molecular flexibility index (Phi) is 4.79. The predicted octanol–water partition coefficient (Wildman–Crippen LogP) is 5.63. The molecule has 0 radical (unpaired) electrons. The van der Waals surface area contributed by atoms with E-state index in [2.05, 4.69) is 10.5 Å². The third kappa shape index (κ3) is 3.29. The molecule has 2 atom stereocenters. The van der Waals surface area contributed by atoms with E-state index in [0.29, 0.717) is 33.3 Å². The Labute approximate surface area is 183 Å². The number of hydrogen-bond donors (Lipinski definition) is 1. The second-order valence-corrected chi connectivity index (χ2v) is 7.79. The molecule has 0 aliphatic carbocycles. The van der Waals surface area contributed by atoms with Gasteiger partial charge in [0.25, 0.3) is 0 Å². The number of methoxy groups -OCH3 is 1. The van der Waals surface area contributed by atoms with Gasteiger partial charge in [0, 0.05) is 27.4 Å². The zero-order valence-electron chi connectivity index (χ0n) is 16.9. The summed E-state index contributed by atoms with van der Waals surface area (Å²) in [6.07, 6.45) is -0.438. The summed E-state index contributed by atoms with van der Waals surface area (Å²) in [6, 6.07) is 18.7. The van der Waals surface area contributed by atoms with Gasteiger partial charge in [-0.25, -0.2) is 0 Å². The van der Waals surface area contributed by atoms with E-state index in [1.54, 1.807) is 26.2 Å². The highest BCUT2D eigenvalue weighted by Crippen LogP contribution is 2.37. The number of amides is 1. The second kappa shape index (κ2) is 7.63. The third-order valence-electron chi connectivity index (χ3n) is 5.47. The van der Waals surface area contributed by atoms with Gasteiger partial charge in [-0.05, 0) is 25.1 Å². The number of hydrogen-bond acceptors (Lipinski definition) is 5. The van der Waals surface area contributed by atoms with Gasteiger partial charge in [-0.15, -0.1) is 0 Å². The Bertz CT molecular complexity index is 1340. The lowest BCUT2D eigenvalue weighted by Crippen LogP contribution is -2.34. The van der Waals surface area contributed by atoms with E-state index in [1.807, 2.05) is 48.5 Å². The number of carbonyl (C=O) groups excluding carboxylic acids is 1. The molecule has 0 fully saturated rings. The summed E-state index contributed by atoms with van der Waals surface area (Å²) in [6.45, 7) is 1.80. The molecule has 0 unspecified atom stereocenters. The van der Waals surface area contributed by atoms with Gasteiger partial charge in [0.15, 0.2) is 0 Å². The summed E-state index contributed by atoms with van der Waals surface area (Å²) >= 11 is 6.33. The lowest BCUT2D eigenvalue weighted by Gasteiger charge is -2.17. The topological polar surface area (TPSA) is 73.1 Å². The lowest BCUT2D eigenvalue weighted by atomic mass is 9.92. The van der Waals surface area contributed by atoms with Crippen LogP contribution in [0.3, 0.4) is 0 Å². The highest BCUT2D eigenvalue weighted by atomic mass is 35.5. The first-order valence-corrected chi connectivity index (χ1v) is 10.2. The summed E-state index contributed by atoms with van der Waals surface area (Å²) in [5, 5.41) is 9.51. The Morgan fingerprint density at radius 2 is 1.84 bits per heavy atom. The Hall–Kier alpha value is -3.51. The zero-order chi connectivity index (χ0) is 21.5. The minimum absolute atomic E-state index is 0.266. The summed E-state index contributed by atoms with van der Waals surface area (Å²) < 4.78 is 11.5. The van der Waals surface area contributed by atoms with Crippen molar-refractivity contribution in [3.63, 3.8) is 0 Å². The van der Waals surface area contributed by atoms with E-state index < -0.39 is 12.0 Å². The molecular formula is C24H19ClN2O4. The number of ether oxygens (including phenoxy) is 1. The number of nitrogens with zero attached hydrogens (tertiary/aromatic N) is 1. The first-order valence-electron chi connectivity index (χ1n) is 9.85. The number of oxime groups is 1. The maximum Gasteiger partial charge on any atom is 0.237 e. The first-order chi connectivity index (χ1) is 15.1. The fraction of sp³-hybridized carbons (Fsp3) is 0.167. The molecule has 0 saturated heterocycles. The van der Waals surface area contributed by atoms with Gasteiger partial charge in [-0.1, -0.05) is 53.2 Å². The SMILES string of the molecule is COc1cc2c(cc1NC(=O)[C@H]1C(c3ccccc3Cl)=NO[C@@H]1C)oc1ccccc12. The van der Waals surface area contributed by atoms with Gasteiger partial charge in [0.1, 0.15) is 34.6 Å². The minimum atomic E-state index is -0.629. The third-order valence-corrected chi connectivity index (χ3v) is 5.80. The molecule has 3 aromatic carbocycles. The van der Waals surface area contributed by atoms with Crippen molar-refractivity contribution in [2.24, 2.45) is 11.1 Å². The molecule has 1 aromatic heterocycles. The van der Waals surface area contributed by atoms with Crippen molar-refractivity contribution in [1.82, 2.24) is 0 Å². The van der Waals surface area contributed by atoms with Crippen LogP contribution in [0, 0.1) is 5.92 Å². The van der Waals surface area contributed by atoms with Gasteiger partial charge in [0.2, 0.25) is 5.91 Å². The average Bonchev–Trinajstić information content (AvgIpc) is 3.33. The smallest absolute Gasteiger partial charge is 0.237 e. The molecule has 31 heavy (non-hydrogen) atoms.